The maximum absolute atomic E-state index is 13.0. The third-order valence-electron chi connectivity index (χ3n) is 6.29. The summed E-state index contributed by atoms with van der Waals surface area (Å²) in [6.07, 6.45) is 2.80. The number of aryl methyl sites for hydroxylation is 2. The van der Waals surface area contributed by atoms with Gasteiger partial charge in [0.1, 0.15) is 32.3 Å². The first-order valence-corrected chi connectivity index (χ1v) is 12.5. The van der Waals surface area contributed by atoms with Gasteiger partial charge in [-0.2, -0.15) is 0 Å². The van der Waals surface area contributed by atoms with Crippen LogP contribution in [0.3, 0.4) is 0 Å². The Morgan fingerprint density at radius 2 is 1.94 bits per heavy atom. The molecule has 1 amide bonds. The number of hydrogen-bond donors (Lipinski definition) is 2. The van der Waals surface area contributed by atoms with E-state index in [0.29, 0.717) is 30.3 Å². The van der Waals surface area contributed by atoms with Gasteiger partial charge in [0, 0.05) is 39.3 Å². The van der Waals surface area contributed by atoms with Crippen LogP contribution in [0.1, 0.15) is 34.3 Å². The van der Waals surface area contributed by atoms with Gasteiger partial charge in [-0.1, -0.05) is 29.8 Å². The highest BCUT2D eigenvalue weighted by atomic mass is 32.2. The Hall–Kier alpha value is -3.24. The number of nitrogens with one attached hydrogen (secondary N) is 2. The molecule has 1 saturated carbocycles. The number of benzene rings is 1. The number of carbonyl (C=O) groups is 1. The molecule has 180 valence electrons. The van der Waals surface area contributed by atoms with Crippen LogP contribution < -0.4 is 15.6 Å². The Kier molecular flexibility index (Phi) is 6.22. The van der Waals surface area contributed by atoms with Gasteiger partial charge >= 0.3 is 0 Å². The Bertz CT molecular complexity index is 1410. The molecule has 1 aromatic carbocycles. The van der Waals surface area contributed by atoms with Crippen LogP contribution in [0.4, 0.5) is 0 Å². The SMILES string of the molecule is Cc1ccc(CNC(=O)c2cc3ccnc(OCC4(S(=N)(=O)N(C)C)CC4)c3n(C)c2=O)cc1. The van der Waals surface area contributed by atoms with Gasteiger partial charge in [0.2, 0.25) is 5.88 Å². The molecule has 34 heavy (non-hydrogen) atoms. The minimum Gasteiger partial charge on any atom is -0.474 e. The summed E-state index contributed by atoms with van der Waals surface area (Å²) in [6, 6.07) is 11.0. The number of rotatable bonds is 8. The summed E-state index contributed by atoms with van der Waals surface area (Å²) in [6.45, 7) is 2.36. The molecule has 4 rings (SSSR count). The van der Waals surface area contributed by atoms with Crippen molar-refractivity contribution in [3.63, 3.8) is 0 Å². The number of fused-ring (bicyclic) bond motifs is 1. The molecule has 2 aromatic heterocycles. The molecule has 1 fully saturated rings. The van der Waals surface area contributed by atoms with Crippen LogP contribution in [-0.4, -0.2) is 49.4 Å². The summed E-state index contributed by atoms with van der Waals surface area (Å²) < 4.78 is 29.1. The Labute approximate surface area is 198 Å². The van der Waals surface area contributed by atoms with E-state index in [-0.39, 0.29) is 18.1 Å². The third kappa shape index (κ3) is 4.30. The molecule has 10 heteroatoms. The van der Waals surface area contributed by atoms with Gasteiger partial charge in [-0.25, -0.2) is 18.3 Å². The van der Waals surface area contributed by atoms with Crippen LogP contribution >= 0.6 is 0 Å². The van der Waals surface area contributed by atoms with Gasteiger partial charge in [0.15, 0.2) is 0 Å². The number of carbonyl (C=O) groups excluding carboxylic acids is 1. The lowest BCUT2D eigenvalue weighted by Crippen LogP contribution is -2.38. The molecule has 3 aromatic rings. The van der Waals surface area contributed by atoms with Crippen LogP contribution in [0.15, 0.2) is 47.4 Å². The van der Waals surface area contributed by atoms with Crippen molar-refractivity contribution in [3.05, 3.63) is 69.6 Å². The molecular formula is C24H29N5O4S. The highest BCUT2D eigenvalue weighted by molar-refractivity contribution is 7.91. The Balaban J connectivity index is 1.59. The minimum atomic E-state index is -3.00. The molecule has 0 bridgehead atoms. The number of aromatic nitrogens is 2. The number of pyridine rings is 2. The molecule has 0 radical (unpaired) electrons. The van der Waals surface area contributed by atoms with Crippen LogP contribution in [0.5, 0.6) is 5.88 Å². The number of ether oxygens (including phenoxy) is 1. The van der Waals surface area contributed by atoms with Crippen molar-refractivity contribution in [2.75, 3.05) is 20.7 Å². The minimum absolute atomic E-state index is 0.0275. The molecule has 0 saturated heterocycles. The average molecular weight is 484 g/mol. The van der Waals surface area contributed by atoms with E-state index in [1.165, 1.54) is 14.9 Å². The van der Waals surface area contributed by atoms with E-state index in [0.717, 1.165) is 11.1 Å². The standard InChI is InChI=1S/C24H29N5O4S/c1-16-5-7-17(8-6-16)14-27-21(30)19-13-18-9-12-26-22(20(18)29(4)23(19)31)33-15-24(10-11-24)34(25,32)28(2)3/h5-9,12-13,25H,10-11,14-15H2,1-4H3,(H,27,30). The number of hydrogen-bond acceptors (Lipinski definition) is 6. The summed E-state index contributed by atoms with van der Waals surface area (Å²) in [5, 5.41) is 3.43. The maximum Gasteiger partial charge on any atom is 0.263 e. The van der Waals surface area contributed by atoms with Crippen molar-refractivity contribution in [1.82, 2.24) is 19.2 Å². The van der Waals surface area contributed by atoms with E-state index >= 15 is 0 Å². The molecule has 1 atom stereocenters. The highest BCUT2D eigenvalue weighted by Gasteiger charge is 2.54. The monoisotopic (exact) mass is 483 g/mol. The molecule has 1 unspecified atom stereocenters. The zero-order valence-electron chi connectivity index (χ0n) is 19.8. The normalized spacial score (nSPS) is 16.3. The lowest BCUT2D eigenvalue weighted by atomic mass is 10.1. The first-order chi connectivity index (χ1) is 16.1. The van der Waals surface area contributed by atoms with Gasteiger partial charge < -0.3 is 14.6 Å². The van der Waals surface area contributed by atoms with Crippen molar-refractivity contribution in [2.24, 2.45) is 7.05 Å². The van der Waals surface area contributed by atoms with Gasteiger partial charge in [0.25, 0.3) is 11.5 Å². The van der Waals surface area contributed by atoms with Gasteiger partial charge in [-0.3, -0.25) is 9.59 Å². The fraction of sp³-hybridized carbons (Fsp3) is 0.375. The van der Waals surface area contributed by atoms with Crippen molar-refractivity contribution < 1.29 is 13.7 Å². The topological polar surface area (TPSA) is 117 Å². The van der Waals surface area contributed by atoms with Crippen molar-refractivity contribution in [3.8, 4) is 5.88 Å². The zero-order chi connectivity index (χ0) is 24.7. The quantitative estimate of drug-likeness (QED) is 0.511. The van der Waals surface area contributed by atoms with Crippen molar-refractivity contribution in [2.45, 2.75) is 31.1 Å². The second-order valence-corrected chi connectivity index (χ2v) is 11.6. The largest absolute Gasteiger partial charge is 0.474 e. The summed E-state index contributed by atoms with van der Waals surface area (Å²) in [4.78, 5) is 30.1. The maximum atomic E-state index is 13.0. The smallest absolute Gasteiger partial charge is 0.263 e. The Morgan fingerprint density at radius 1 is 1.26 bits per heavy atom. The molecule has 0 aliphatic heterocycles. The van der Waals surface area contributed by atoms with Crippen LogP contribution in [-0.2, 0) is 23.5 Å². The van der Waals surface area contributed by atoms with Gasteiger partial charge in [-0.05, 0) is 37.5 Å². The van der Waals surface area contributed by atoms with Gasteiger partial charge in [-0.15, -0.1) is 0 Å². The highest BCUT2D eigenvalue weighted by Crippen LogP contribution is 2.45. The van der Waals surface area contributed by atoms with Crippen LogP contribution in [0, 0.1) is 11.7 Å². The summed E-state index contributed by atoms with van der Waals surface area (Å²) in [5.74, 6) is -0.247. The lowest BCUT2D eigenvalue weighted by Gasteiger charge is -2.24. The fourth-order valence-electron chi connectivity index (χ4n) is 3.88. The zero-order valence-corrected chi connectivity index (χ0v) is 20.6. The molecule has 9 nitrogen and oxygen atoms in total. The van der Waals surface area contributed by atoms with E-state index in [2.05, 4.69) is 10.3 Å². The molecule has 1 aliphatic rings. The third-order valence-corrected chi connectivity index (χ3v) is 9.02. The summed E-state index contributed by atoms with van der Waals surface area (Å²) in [7, 11) is 1.82. The average Bonchev–Trinajstić information content (AvgIpc) is 3.61. The summed E-state index contributed by atoms with van der Waals surface area (Å²) >= 11 is 0. The lowest BCUT2D eigenvalue weighted by molar-refractivity contribution is 0.0949. The predicted molar refractivity (Wildman–Crippen MR) is 131 cm³/mol. The van der Waals surface area contributed by atoms with E-state index in [1.807, 2.05) is 31.2 Å². The molecular weight excluding hydrogens is 454 g/mol. The molecule has 0 spiro atoms. The predicted octanol–water partition coefficient (Wildman–Crippen LogP) is 2.61. The van der Waals surface area contributed by atoms with E-state index in [4.69, 9.17) is 9.52 Å². The second-order valence-electron chi connectivity index (χ2n) is 8.95. The van der Waals surface area contributed by atoms with Crippen LogP contribution in [0.25, 0.3) is 10.9 Å². The Morgan fingerprint density at radius 3 is 2.56 bits per heavy atom. The van der Waals surface area contributed by atoms with Crippen molar-refractivity contribution >= 4 is 26.7 Å². The number of nitrogens with zero attached hydrogens (tertiary/aromatic N) is 3. The molecule has 1 aliphatic carbocycles. The summed E-state index contributed by atoms with van der Waals surface area (Å²) in [5.41, 5.74) is 2.07. The van der Waals surface area contributed by atoms with Gasteiger partial charge in [0.05, 0.1) is 0 Å². The second kappa shape index (κ2) is 8.84. The molecule has 2 N–H and O–H groups in total. The van der Waals surface area contributed by atoms with E-state index in [1.54, 1.807) is 33.4 Å². The van der Waals surface area contributed by atoms with Crippen molar-refractivity contribution in [1.29, 1.82) is 4.78 Å². The van der Waals surface area contributed by atoms with Crippen LogP contribution in [0.2, 0.25) is 0 Å². The van der Waals surface area contributed by atoms with E-state index in [9.17, 15) is 13.8 Å². The first kappa shape index (κ1) is 23.9. The number of amides is 1. The molecule has 2 heterocycles. The van der Waals surface area contributed by atoms with E-state index < -0.39 is 26.1 Å². The fourth-order valence-corrected chi connectivity index (χ4v) is 5.53. The first-order valence-electron chi connectivity index (χ1n) is 11.0.